The van der Waals surface area contributed by atoms with Crippen molar-refractivity contribution in [3.63, 3.8) is 0 Å². The van der Waals surface area contributed by atoms with E-state index in [0.717, 1.165) is 11.1 Å². The number of carboxylic acid groups (broad SMARTS) is 1. The van der Waals surface area contributed by atoms with Crippen LogP contribution in [0.15, 0.2) is 36.8 Å². The summed E-state index contributed by atoms with van der Waals surface area (Å²) in [6.45, 7) is 2.50. The summed E-state index contributed by atoms with van der Waals surface area (Å²) < 4.78 is 1.63. The molecule has 0 saturated carbocycles. The molecule has 0 amide bonds. The van der Waals surface area contributed by atoms with Gasteiger partial charge in [-0.15, -0.1) is 0 Å². The second kappa shape index (κ2) is 4.73. The maximum atomic E-state index is 11.2. The molecule has 0 spiro atoms. The van der Waals surface area contributed by atoms with Crippen LogP contribution in [0.4, 0.5) is 0 Å². The first kappa shape index (κ1) is 12.3. The van der Waals surface area contributed by atoms with Gasteiger partial charge in [-0.25, -0.2) is 14.8 Å². The van der Waals surface area contributed by atoms with Crippen LogP contribution in [0, 0.1) is 6.92 Å². The molecule has 100 valence electrons. The van der Waals surface area contributed by atoms with Crippen molar-refractivity contribution < 1.29 is 9.90 Å². The molecule has 0 aliphatic carbocycles. The molecule has 2 heterocycles. The van der Waals surface area contributed by atoms with Gasteiger partial charge in [0.1, 0.15) is 17.4 Å². The van der Waals surface area contributed by atoms with Gasteiger partial charge in [0.2, 0.25) is 0 Å². The molecule has 0 aliphatic heterocycles. The number of aryl methyl sites for hydroxylation is 1. The van der Waals surface area contributed by atoms with E-state index < -0.39 is 5.97 Å². The quantitative estimate of drug-likeness (QED) is 0.784. The summed E-state index contributed by atoms with van der Waals surface area (Å²) in [5.41, 5.74) is 3.15. The van der Waals surface area contributed by atoms with Crippen molar-refractivity contribution in [2.75, 3.05) is 0 Å². The fourth-order valence-corrected chi connectivity index (χ4v) is 2.13. The zero-order chi connectivity index (χ0) is 14.1. The van der Waals surface area contributed by atoms with Gasteiger partial charge in [0, 0.05) is 0 Å². The fraction of sp³-hybridized carbons (Fsp3) is 0.143. The monoisotopic (exact) mass is 268 g/mol. The SMILES string of the molecule is Cc1ccccc1Cn1nc(C(=O)O)c2ncncc21. The molecule has 0 radical (unpaired) electrons. The first-order valence-corrected chi connectivity index (χ1v) is 6.11. The normalized spacial score (nSPS) is 10.8. The number of nitrogens with zero attached hydrogens (tertiary/aromatic N) is 4. The van der Waals surface area contributed by atoms with Crippen molar-refractivity contribution in [3.05, 3.63) is 53.6 Å². The smallest absolute Gasteiger partial charge is 0.358 e. The van der Waals surface area contributed by atoms with Gasteiger partial charge in [0.05, 0.1) is 12.7 Å². The van der Waals surface area contributed by atoms with E-state index in [4.69, 9.17) is 0 Å². The summed E-state index contributed by atoms with van der Waals surface area (Å²) >= 11 is 0. The third-order valence-electron chi connectivity index (χ3n) is 3.20. The average molecular weight is 268 g/mol. The number of rotatable bonds is 3. The molecule has 0 unspecified atom stereocenters. The predicted molar refractivity (Wildman–Crippen MR) is 72.6 cm³/mol. The third-order valence-corrected chi connectivity index (χ3v) is 3.20. The maximum absolute atomic E-state index is 11.2. The lowest BCUT2D eigenvalue weighted by molar-refractivity contribution is 0.0691. The lowest BCUT2D eigenvalue weighted by atomic mass is 10.1. The van der Waals surface area contributed by atoms with Crippen LogP contribution in [0.1, 0.15) is 21.6 Å². The molecule has 3 rings (SSSR count). The van der Waals surface area contributed by atoms with Crippen LogP contribution in [0.3, 0.4) is 0 Å². The molecular formula is C14H12N4O2. The van der Waals surface area contributed by atoms with Gasteiger partial charge in [-0.1, -0.05) is 24.3 Å². The zero-order valence-corrected chi connectivity index (χ0v) is 10.8. The highest BCUT2D eigenvalue weighted by Crippen LogP contribution is 2.17. The Morgan fingerprint density at radius 3 is 2.90 bits per heavy atom. The molecule has 0 atom stereocenters. The largest absolute Gasteiger partial charge is 0.476 e. The first-order valence-electron chi connectivity index (χ1n) is 6.11. The number of aromatic carboxylic acids is 1. The number of carbonyl (C=O) groups is 1. The molecule has 6 heteroatoms. The van der Waals surface area contributed by atoms with Crippen molar-refractivity contribution in [1.82, 2.24) is 19.7 Å². The summed E-state index contributed by atoms with van der Waals surface area (Å²) in [6, 6.07) is 7.91. The summed E-state index contributed by atoms with van der Waals surface area (Å²) in [5.74, 6) is -1.09. The van der Waals surface area contributed by atoms with Crippen LogP contribution in [0.25, 0.3) is 11.0 Å². The molecule has 0 bridgehead atoms. The molecule has 6 nitrogen and oxygen atoms in total. The number of aromatic nitrogens is 4. The van der Waals surface area contributed by atoms with Crippen molar-refractivity contribution in [3.8, 4) is 0 Å². The standard InChI is InChI=1S/C14H12N4O2/c1-9-4-2-3-5-10(9)7-18-11-6-15-8-16-12(11)13(17-18)14(19)20/h2-6,8H,7H2,1H3,(H,19,20). The Kier molecular flexibility index (Phi) is 2.90. The van der Waals surface area contributed by atoms with Gasteiger partial charge in [-0.05, 0) is 18.1 Å². The predicted octanol–water partition coefficient (Wildman–Crippen LogP) is 1.88. The minimum Gasteiger partial charge on any atom is -0.476 e. The Labute approximate surface area is 114 Å². The van der Waals surface area contributed by atoms with Crippen LogP contribution in [0.2, 0.25) is 0 Å². The highest BCUT2D eigenvalue weighted by atomic mass is 16.4. The molecule has 0 saturated heterocycles. The maximum Gasteiger partial charge on any atom is 0.358 e. The van der Waals surface area contributed by atoms with E-state index in [9.17, 15) is 9.90 Å². The van der Waals surface area contributed by atoms with Gasteiger partial charge in [0.25, 0.3) is 0 Å². The van der Waals surface area contributed by atoms with Crippen LogP contribution in [-0.4, -0.2) is 30.8 Å². The number of carboxylic acids is 1. The molecule has 0 fully saturated rings. The van der Waals surface area contributed by atoms with Gasteiger partial charge < -0.3 is 5.11 Å². The number of benzene rings is 1. The molecule has 1 N–H and O–H groups in total. The topological polar surface area (TPSA) is 80.9 Å². The minimum atomic E-state index is -1.09. The van der Waals surface area contributed by atoms with Gasteiger partial charge >= 0.3 is 5.97 Å². The van der Waals surface area contributed by atoms with Crippen molar-refractivity contribution in [1.29, 1.82) is 0 Å². The fourth-order valence-electron chi connectivity index (χ4n) is 2.13. The number of hydrogen-bond donors (Lipinski definition) is 1. The number of fused-ring (bicyclic) bond motifs is 1. The van der Waals surface area contributed by atoms with Crippen LogP contribution in [0.5, 0.6) is 0 Å². The highest BCUT2D eigenvalue weighted by Gasteiger charge is 2.17. The number of hydrogen-bond acceptors (Lipinski definition) is 4. The lowest BCUT2D eigenvalue weighted by Crippen LogP contribution is -2.05. The molecule has 2 aromatic heterocycles. The van der Waals surface area contributed by atoms with Crippen LogP contribution in [-0.2, 0) is 6.54 Å². The molecule has 1 aromatic carbocycles. The molecule has 3 aromatic rings. The highest BCUT2D eigenvalue weighted by molar-refractivity contribution is 5.98. The van der Waals surface area contributed by atoms with E-state index >= 15 is 0 Å². The Hall–Kier alpha value is -2.76. The Morgan fingerprint density at radius 1 is 1.35 bits per heavy atom. The zero-order valence-electron chi connectivity index (χ0n) is 10.8. The summed E-state index contributed by atoms with van der Waals surface area (Å²) in [4.78, 5) is 19.2. The summed E-state index contributed by atoms with van der Waals surface area (Å²) in [5, 5.41) is 13.3. The second-order valence-electron chi connectivity index (χ2n) is 4.49. The summed E-state index contributed by atoms with van der Waals surface area (Å²) in [7, 11) is 0. The van der Waals surface area contributed by atoms with Crippen LogP contribution >= 0.6 is 0 Å². The van der Waals surface area contributed by atoms with Crippen LogP contribution < -0.4 is 0 Å². The van der Waals surface area contributed by atoms with E-state index in [0.29, 0.717) is 17.6 Å². The Balaban J connectivity index is 2.13. The van der Waals surface area contributed by atoms with Crippen molar-refractivity contribution in [2.45, 2.75) is 13.5 Å². The summed E-state index contributed by atoms with van der Waals surface area (Å²) in [6.07, 6.45) is 2.91. The van der Waals surface area contributed by atoms with E-state index in [1.54, 1.807) is 10.9 Å². The Morgan fingerprint density at radius 2 is 2.15 bits per heavy atom. The minimum absolute atomic E-state index is 0.0454. The van der Waals surface area contributed by atoms with E-state index in [2.05, 4.69) is 15.1 Å². The van der Waals surface area contributed by atoms with Gasteiger partial charge in [-0.3, -0.25) is 4.68 Å². The molecular weight excluding hydrogens is 256 g/mol. The van der Waals surface area contributed by atoms with Crippen molar-refractivity contribution >= 4 is 17.0 Å². The van der Waals surface area contributed by atoms with Gasteiger partial charge in [-0.2, -0.15) is 5.10 Å². The first-order chi connectivity index (χ1) is 9.66. The van der Waals surface area contributed by atoms with E-state index in [1.807, 2.05) is 31.2 Å². The van der Waals surface area contributed by atoms with Crippen molar-refractivity contribution in [2.24, 2.45) is 0 Å². The van der Waals surface area contributed by atoms with E-state index in [1.165, 1.54) is 6.33 Å². The van der Waals surface area contributed by atoms with Gasteiger partial charge in [0.15, 0.2) is 5.69 Å². The second-order valence-corrected chi connectivity index (χ2v) is 4.49. The lowest BCUT2D eigenvalue weighted by Gasteiger charge is -2.06. The molecule has 20 heavy (non-hydrogen) atoms. The Bertz CT molecular complexity index is 795. The molecule has 0 aliphatic rings. The third kappa shape index (κ3) is 2.01. The van der Waals surface area contributed by atoms with E-state index in [-0.39, 0.29) is 5.69 Å². The average Bonchev–Trinajstić information content (AvgIpc) is 2.81.